The lowest BCUT2D eigenvalue weighted by molar-refractivity contribution is -0.131. The molecule has 3 rings (SSSR count). The second-order valence-electron chi connectivity index (χ2n) is 8.53. The summed E-state index contributed by atoms with van der Waals surface area (Å²) in [4.78, 5) is 30.9. The molecule has 2 heterocycles. The SMILES string of the molecule is CC(C)(C)C(=O)Nc1nc(CC(=O)N2CCC(NCC3CC3)CC2)cs1. The molecular formula is C19H30N4O2S. The highest BCUT2D eigenvalue weighted by Gasteiger charge is 2.26. The van der Waals surface area contributed by atoms with Crippen LogP contribution < -0.4 is 10.6 Å². The standard InChI is InChI=1S/C19H30N4O2S/c1-19(2,3)17(25)22-18-21-15(12-26-18)10-16(24)23-8-6-14(7-9-23)20-11-13-4-5-13/h12-14,20H,4-11H2,1-3H3,(H,21,22,25). The van der Waals surface area contributed by atoms with Gasteiger partial charge < -0.3 is 15.5 Å². The van der Waals surface area contributed by atoms with Gasteiger partial charge in [0.25, 0.3) is 0 Å². The fourth-order valence-corrected chi connectivity index (χ4v) is 3.69. The monoisotopic (exact) mass is 378 g/mol. The van der Waals surface area contributed by atoms with E-state index in [1.807, 2.05) is 31.1 Å². The second-order valence-corrected chi connectivity index (χ2v) is 9.39. The van der Waals surface area contributed by atoms with E-state index in [9.17, 15) is 9.59 Å². The third-order valence-corrected chi connectivity index (χ3v) is 5.83. The van der Waals surface area contributed by atoms with Crippen molar-refractivity contribution in [3.8, 4) is 0 Å². The molecule has 0 radical (unpaired) electrons. The molecule has 144 valence electrons. The molecule has 2 N–H and O–H groups in total. The van der Waals surface area contributed by atoms with Crippen molar-refractivity contribution < 1.29 is 9.59 Å². The van der Waals surface area contributed by atoms with E-state index in [0.29, 0.717) is 17.6 Å². The number of anilines is 1. The molecular weight excluding hydrogens is 348 g/mol. The number of rotatable bonds is 6. The Morgan fingerprint density at radius 1 is 1.23 bits per heavy atom. The molecule has 0 unspecified atom stereocenters. The highest BCUT2D eigenvalue weighted by atomic mass is 32.1. The first-order valence-electron chi connectivity index (χ1n) is 9.58. The van der Waals surface area contributed by atoms with Crippen molar-refractivity contribution in [2.75, 3.05) is 25.0 Å². The third-order valence-electron chi connectivity index (χ3n) is 5.03. The summed E-state index contributed by atoms with van der Waals surface area (Å²) in [6.07, 6.45) is 5.11. The van der Waals surface area contributed by atoms with E-state index < -0.39 is 5.41 Å². The zero-order chi connectivity index (χ0) is 18.7. The molecule has 6 nitrogen and oxygen atoms in total. The molecule has 1 aliphatic heterocycles. The highest BCUT2D eigenvalue weighted by Crippen LogP contribution is 2.28. The van der Waals surface area contributed by atoms with E-state index in [4.69, 9.17) is 0 Å². The predicted octanol–water partition coefficient (Wildman–Crippen LogP) is 2.66. The van der Waals surface area contributed by atoms with Gasteiger partial charge in [0.15, 0.2) is 5.13 Å². The number of carbonyl (C=O) groups excluding carboxylic acids is 2. The molecule has 2 aliphatic rings. The van der Waals surface area contributed by atoms with Gasteiger partial charge >= 0.3 is 0 Å². The number of hydrogen-bond donors (Lipinski definition) is 2. The Bertz CT molecular complexity index is 640. The van der Waals surface area contributed by atoms with E-state index in [1.165, 1.54) is 24.2 Å². The molecule has 1 aliphatic carbocycles. The lowest BCUT2D eigenvalue weighted by Gasteiger charge is -2.32. The van der Waals surface area contributed by atoms with E-state index in [1.54, 1.807) is 0 Å². The van der Waals surface area contributed by atoms with E-state index in [2.05, 4.69) is 15.6 Å². The molecule has 0 bridgehead atoms. The molecule has 2 amide bonds. The minimum absolute atomic E-state index is 0.0644. The molecule has 1 saturated carbocycles. The average molecular weight is 379 g/mol. The Balaban J connectivity index is 1.43. The maximum Gasteiger partial charge on any atom is 0.231 e. The normalized spacial score (nSPS) is 18.8. The first-order chi connectivity index (χ1) is 12.3. The predicted molar refractivity (Wildman–Crippen MR) is 104 cm³/mol. The van der Waals surface area contributed by atoms with Crippen LogP contribution in [0.15, 0.2) is 5.38 Å². The summed E-state index contributed by atoms with van der Waals surface area (Å²) in [5.41, 5.74) is 0.276. The van der Waals surface area contributed by atoms with Crippen LogP contribution >= 0.6 is 11.3 Å². The number of carbonyl (C=O) groups is 2. The van der Waals surface area contributed by atoms with Crippen molar-refractivity contribution in [3.63, 3.8) is 0 Å². The van der Waals surface area contributed by atoms with Gasteiger partial charge in [0.05, 0.1) is 12.1 Å². The molecule has 1 aromatic heterocycles. The minimum Gasteiger partial charge on any atom is -0.342 e. The van der Waals surface area contributed by atoms with Gasteiger partial charge in [-0.05, 0) is 38.1 Å². The number of nitrogens with zero attached hydrogens (tertiary/aromatic N) is 2. The zero-order valence-electron chi connectivity index (χ0n) is 16.0. The van der Waals surface area contributed by atoms with Gasteiger partial charge in [-0.3, -0.25) is 9.59 Å². The van der Waals surface area contributed by atoms with Crippen LogP contribution in [0.2, 0.25) is 0 Å². The molecule has 7 heteroatoms. The van der Waals surface area contributed by atoms with Crippen molar-refractivity contribution in [2.24, 2.45) is 11.3 Å². The van der Waals surface area contributed by atoms with Gasteiger partial charge in [0, 0.05) is 29.9 Å². The summed E-state index contributed by atoms with van der Waals surface area (Å²) < 4.78 is 0. The lowest BCUT2D eigenvalue weighted by Crippen LogP contribution is -2.45. The van der Waals surface area contributed by atoms with Crippen LogP contribution in [-0.2, 0) is 16.0 Å². The van der Waals surface area contributed by atoms with Crippen LogP contribution in [0.25, 0.3) is 0 Å². The van der Waals surface area contributed by atoms with Gasteiger partial charge in [-0.25, -0.2) is 4.98 Å². The van der Waals surface area contributed by atoms with Crippen LogP contribution in [0, 0.1) is 11.3 Å². The number of amides is 2. The molecule has 1 aromatic rings. The number of piperidine rings is 1. The van der Waals surface area contributed by atoms with Crippen molar-refractivity contribution >= 4 is 28.3 Å². The molecule has 0 atom stereocenters. The topological polar surface area (TPSA) is 74.3 Å². The van der Waals surface area contributed by atoms with Gasteiger partial charge in [0.1, 0.15) is 0 Å². The van der Waals surface area contributed by atoms with E-state index >= 15 is 0 Å². The summed E-state index contributed by atoms with van der Waals surface area (Å²) in [6.45, 7) is 8.37. The Kier molecular flexibility index (Phi) is 5.97. The van der Waals surface area contributed by atoms with Crippen LogP contribution in [0.1, 0.15) is 52.1 Å². The van der Waals surface area contributed by atoms with Crippen molar-refractivity contribution in [3.05, 3.63) is 11.1 Å². The highest BCUT2D eigenvalue weighted by molar-refractivity contribution is 7.13. The number of aromatic nitrogens is 1. The number of thiazole rings is 1. The summed E-state index contributed by atoms with van der Waals surface area (Å²) in [6, 6.07) is 0.554. The van der Waals surface area contributed by atoms with Gasteiger partial charge in [0.2, 0.25) is 11.8 Å². The maximum atomic E-state index is 12.5. The van der Waals surface area contributed by atoms with Crippen LogP contribution in [0.4, 0.5) is 5.13 Å². The largest absolute Gasteiger partial charge is 0.342 e. The Morgan fingerprint density at radius 2 is 1.92 bits per heavy atom. The first-order valence-corrected chi connectivity index (χ1v) is 10.5. The lowest BCUT2D eigenvalue weighted by atomic mass is 9.96. The average Bonchev–Trinajstić information content (AvgIpc) is 3.32. The Morgan fingerprint density at radius 3 is 2.54 bits per heavy atom. The molecule has 0 spiro atoms. The van der Waals surface area contributed by atoms with Gasteiger partial charge in [-0.2, -0.15) is 0 Å². The van der Waals surface area contributed by atoms with Crippen LogP contribution in [0.3, 0.4) is 0 Å². The van der Waals surface area contributed by atoms with E-state index in [-0.39, 0.29) is 11.8 Å². The Labute approximate surface area is 159 Å². The molecule has 2 fully saturated rings. The summed E-state index contributed by atoms with van der Waals surface area (Å²) in [7, 11) is 0. The minimum atomic E-state index is -0.459. The molecule has 0 aromatic carbocycles. The third kappa shape index (κ3) is 5.51. The Hall–Kier alpha value is -1.47. The van der Waals surface area contributed by atoms with Gasteiger partial charge in [-0.1, -0.05) is 20.8 Å². The number of likely N-dealkylation sites (tertiary alicyclic amines) is 1. The van der Waals surface area contributed by atoms with Gasteiger partial charge in [-0.15, -0.1) is 11.3 Å². The zero-order valence-corrected chi connectivity index (χ0v) is 16.8. The maximum absolute atomic E-state index is 12.5. The van der Waals surface area contributed by atoms with Crippen molar-refractivity contribution in [2.45, 2.75) is 58.9 Å². The number of hydrogen-bond acceptors (Lipinski definition) is 5. The molecule has 1 saturated heterocycles. The quantitative estimate of drug-likeness (QED) is 0.798. The second kappa shape index (κ2) is 8.05. The van der Waals surface area contributed by atoms with Crippen LogP contribution in [0.5, 0.6) is 0 Å². The number of nitrogens with one attached hydrogen (secondary N) is 2. The molecule has 26 heavy (non-hydrogen) atoms. The first kappa shape index (κ1) is 19.3. The summed E-state index contributed by atoms with van der Waals surface area (Å²) in [5.74, 6) is 0.961. The van der Waals surface area contributed by atoms with E-state index in [0.717, 1.165) is 44.1 Å². The van der Waals surface area contributed by atoms with Crippen LogP contribution in [-0.4, -0.2) is 47.4 Å². The summed E-state index contributed by atoms with van der Waals surface area (Å²) >= 11 is 1.37. The van der Waals surface area contributed by atoms with Crippen molar-refractivity contribution in [1.82, 2.24) is 15.2 Å². The van der Waals surface area contributed by atoms with Crippen molar-refractivity contribution in [1.29, 1.82) is 0 Å². The smallest absolute Gasteiger partial charge is 0.231 e. The fourth-order valence-electron chi connectivity index (χ4n) is 2.99. The fraction of sp³-hybridized carbons (Fsp3) is 0.737. The summed E-state index contributed by atoms with van der Waals surface area (Å²) in [5, 5.41) is 8.89.